The van der Waals surface area contributed by atoms with Gasteiger partial charge in [-0.05, 0) is 42.8 Å². The smallest absolute Gasteiger partial charge is 0.256 e. The van der Waals surface area contributed by atoms with Crippen LogP contribution in [0.5, 0.6) is 5.75 Å². The zero-order valence-electron chi connectivity index (χ0n) is 17.7. The van der Waals surface area contributed by atoms with Gasteiger partial charge in [-0.25, -0.2) is 12.9 Å². The lowest BCUT2D eigenvalue weighted by Crippen LogP contribution is -2.49. The number of carbonyl (C=O) groups is 2. The number of carbonyl (C=O) groups excluding carboxylic acids is 2. The number of benzene rings is 2. The van der Waals surface area contributed by atoms with E-state index in [1.807, 2.05) is 4.31 Å². The molecule has 0 radical (unpaired) electrons. The van der Waals surface area contributed by atoms with Gasteiger partial charge in [-0.2, -0.15) is 0 Å². The predicted octanol–water partition coefficient (Wildman–Crippen LogP) is 1.27. The van der Waals surface area contributed by atoms with E-state index in [0.717, 1.165) is 0 Å². The van der Waals surface area contributed by atoms with Crippen LogP contribution in [0.3, 0.4) is 0 Å². The van der Waals surface area contributed by atoms with E-state index < -0.39 is 28.6 Å². The summed E-state index contributed by atoms with van der Waals surface area (Å²) in [4.78, 5) is 26.0. The number of piperazine rings is 1. The molecular weight excluding hydrogens is 435 g/mol. The number of hydrogen-bond donors (Lipinski definition) is 2. The molecule has 0 saturated carbocycles. The van der Waals surface area contributed by atoms with E-state index >= 15 is 0 Å². The van der Waals surface area contributed by atoms with Gasteiger partial charge in [0.25, 0.3) is 11.8 Å². The number of ether oxygens (including phenoxy) is 1. The highest BCUT2D eigenvalue weighted by Gasteiger charge is 2.26. The number of nitrogens with two attached hydrogens (primary N) is 2. The first-order valence-electron chi connectivity index (χ1n) is 10.3. The molecule has 0 aromatic heterocycles. The Balaban J connectivity index is 1.64. The number of para-hydroxylation sites is 1. The minimum absolute atomic E-state index is 0.0404. The van der Waals surface area contributed by atoms with Crippen LogP contribution in [0.1, 0.15) is 32.7 Å². The molecule has 1 atom stereocenters. The van der Waals surface area contributed by atoms with E-state index in [-0.39, 0.29) is 17.7 Å². The Morgan fingerprint density at radius 2 is 1.78 bits per heavy atom. The van der Waals surface area contributed by atoms with Crippen LogP contribution in [-0.4, -0.2) is 63.7 Å². The van der Waals surface area contributed by atoms with E-state index in [1.54, 1.807) is 29.2 Å². The molecule has 0 aliphatic carbocycles. The molecular formula is C22H27FN4O4S. The van der Waals surface area contributed by atoms with Crippen LogP contribution in [0.2, 0.25) is 0 Å². The predicted molar refractivity (Wildman–Crippen MR) is 120 cm³/mol. The Bertz CT molecular complexity index is 996. The molecule has 0 spiro atoms. The maximum Gasteiger partial charge on any atom is 0.256 e. The second-order valence-corrected chi connectivity index (χ2v) is 8.92. The maximum atomic E-state index is 14.4. The molecule has 32 heavy (non-hydrogen) atoms. The molecule has 1 unspecified atom stereocenters. The van der Waals surface area contributed by atoms with Crippen molar-refractivity contribution in [3.8, 4) is 5.75 Å². The summed E-state index contributed by atoms with van der Waals surface area (Å²) in [5.41, 5.74) is 11.6. The summed E-state index contributed by atoms with van der Waals surface area (Å²) in [6, 6.07) is 10.8. The fourth-order valence-electron chi connectivity index (χ4n) is 3.38. The fraction of sp³-hybridized carbons (Fsp3) is 0.364. The Labute approximate surface area is 188 Å². The van der Waals surface area contributed by atoms with Crippen molar-refractivity contribution < 1.29 is 22.9 Å². The summed E-state index contributed by atoms with van der Waals surface area (Å²) in [6.07, 6.45) is 0.676. The SMILES string of the molecule is NCCCS(=O)N1CCN(C(=O)c2cc(COc3ccccc3C(N)=O)ccc2F)CC1. The number of halogens is 1. The number of amides is 2. The van der Waals surface area contributed by atoms with Crippen LogP contribution in [-0.2, 0) is 17.6 Å². The summed E-state index contributed by atoms with van der Waals surface area (Å²) in [7, 11) is -1.12. The largest absolute Gasteiger partial charge is 0.488 e. The van der Waals surface area contributed by atoms with Gasteiger partial charge in [-0.15, -0.1) is 0 Å². The van der Waals surface area contributed by atoms with Crippen molar-refractivity contribution in [3.63, 3.8) is 0 Å². The molecule has 2 amide bonds. The van der Waals surface area contributed by atoms with E-state index in [9.17, 15) is 18.2 Å². The third-order valence-corrected chi connectivity index (χ3v) is 6.72. The van der Waals surface area contributed by atoms with Gasteiger partial charge in [0, 0.05) is 31.9 Å². The van der Waals surface area contributed by atoms with Gasteiger partial charge in [-0.1, -0.05) is 18.2 Å². The van der Waals surface area contributed by atoms with Crippen LogP contribution in [0.15, 0.2) is 42.5 Å². The van der Waals surface area contributed by atoms with E-state index in [0.29, 0.717) is 56.2 Å². The van der Waals surface area contributed by atoms with Crippen LogP contribution in [0, 0.1) is 5.82 Å². The van der Waals surface area contributed by atoms with Crippen molar-refractivity contribution >= 4 is 22.8 Å². The highest BCUT2D eigenvalue weighted by atomic mass is 32.2. The van der Waals surface area contributed by atoms with Crippen LogP contribution in [0.25, 0.3) is 0 Å². The number of nitrogens with zero attached hydrogens (tertiary/aromatic N) is 2. The second kappa shape index (κ2) is 11.2. The van der Waals surface area contributed by atoms with Gasteiger partial charge in [0.1, 0.15) is 18.2 Å². The molecule has 10 heteroatoms. The third kappa shape index (κ3) is 5.90. The summed E-state index contributed by atoms with van der Waals surface area (Å²) in [5.74, 6) is -0.839. The molecule has 1 saturated heterocycles. The number of hydrogen-bond acceptors (Lipinski definition) is 5. The quantitative estimate of drug-likeness (QED) is 0.582. The molecule has 2 aromatic rings. The standard InChI is InChI=1S/C22H27FN4O4S/c23-19-7-6-16(15-31-20-5-2-1-4-17(20)21(25)28)14-18(19)22(29)26-9-11-27(12-10-26)32(30)13-3-8-24/h1-2,4-7,14H,3,8-13,15,24H2,(H2,25,28). The summed E-state index contributed by atoms with van der Waals surface area (Å²) < 4.78 is 34.2. The second-order valence-electron chi connectivity index (χ2n) is 7.35. The van der Waals surface area contributed by atoms with Gasteiger partial charge >= 0.3 is 0 Å². The van der Waals surface area contributed by atoms with Crippen LogP contribution in [0.4, 0.5) is 4.39 Å². The minimum Gasteiger partial charge on any atom is -0.488 e. The van der Waals surface area contributed by atoms with Gasteiger partial charge in [0.05, 0.1) is 22.1 Å². The lowest BCUT2D eigenvalue weighted by Gasteiger charge is -2.33. The monoisotopic (exact) mass is 462 g/mol. The average Bonchev–Trinajstić information content (AvgIpc) is 2.81. The lowest BCUT2D eigenvalue weighted by atomic mass is 10.1. The Morgan fingerprint density at radius 1 is 1.06 bits per heavy atom. The zero-order chi connectivity index (χ0) is 23.1. The van der Waals surface area contributed by atoms with E-state index in [1.165, 1.54) is 18.2 Å². The lowest BCUT2D eigenvalue weighted by molar-refractivity contribution is 0.0696. The van der Waals surface area contributed by atoms with E-state index in [2.05, 4.69) is 0 Å². The average molecular weight is 463 g/mol. The van der Waals surface area contributed by atoms with Gasteiger partial charge < -0.3 is 21.1 Å². The first kappa shape index (κ1) is 23.8. The van der Waals surface area contributed by atoms with Crippen LogP contribution >= 0.6 is 0 Å². The summed E-state index contributed by atoms with van der Waals surface area (Å²) in [5, 5.41) is 0. The maximum absolute atomic E-state index is 14.4. The van der Waals surface area contributed by atoms with Crippen molar-refractivity contribution in [2.24, 2.45) is 11.5 Å². The first-order chi connectivity index (χ1) is 15.4. The topological polar surface area (TPSA) is 119 Å². The normalized spacial score (nSPS) is 15.4. The molecule has 1 fully saturated rings. The van der Waals surface area contributed by atoms with Crippen molar-refractivity contribution in [3.05, 3.63) is 65.0 Å². The highest BCUT2D eigenvalue weighted by Crippen LogP contribution is 2.20. The number of primary amides is 1. The Hall–Kier alpha value is -2.82. The van der Waals surface area contributed by atoms with Crippen molar-refractivity contribution in [2.75, 3.05) is 38.5 Å². The fourth-order valence-corrected chi connectivity index (χ4v) is 4.63. The molecule has 1 heterocycles. The molecule has 1 aliphatic rings. The number of rotatable bonds is 9. The third-order valence-electron chi connectivity index (χ3n) is 5.14. The zero-order valence-corrected chi connectivity index (χ0v) is 18.5. The van der Waals surface area contributed by atoms with Crippen LogP contribution < -0.4 is 16.2 Å². The van der Waals surface area contributed by atoms with Crippen molar-refractivity contribution in [1.82, 2.24) is 9.21 Å². The van der Waals surface area contributed by atoms with E-state index in [4.69, 9.17) is 16.2 Å². The molecule has 4 N–H and O–H groups in total. The van der Waals surface area contributed by atoms with Crippen molar-refractivity contribution in [1.29, 1.82) is 0 Å². The Morgan fingerprint density at radius 3 is 2.47 bits per heavy atom. The molecule has 1 aliphatic heterocycles. The highest BCUT2D eigenvalue weighted by molar-refractivity contribution is 7.82. The molecule has 3 rings (SSSR count). The molecule has 8 nitrogen and oxygen atoms in total. The minimum atomic E-state index is -1.12. The summed E-state index contributed by atoms with van der Waals surface area (Å²) >= 11 is 0. The van der Waals surface area contributed by atoms with Crippen molar-refractivity contribution in [2.45, 2.75) is 13.0 Å². The van der Waals surface area contributed by atoms with Gasteiger partial charge in [-0.3, -0.25) is 9.59 Å². The summed E-state index contributed by atoms with van der Waals surface area (Å²) in [6.45, 7) is 2.16. The Kier molecular flexibility index (Phi) is 8.32. The molecule has 0 bridgehead atoms. The van der Waals surface area contributed by atoms with Gasteiger partial charge in [0.2, 0.25) is 0 Å². The molecule has 172 valence electrons. The first-order valence-corrected chi connectivity index (χ1v) is 11.6. The molecule has 2 aromatic carbocycles. The van der Waals surface area contributed by atoms with Gasteiger partial charge in [0.15, 0.2) is 0 Å².